The molecule has 6 nitrogen and oxygen atoms in total. The Morgan fingerprint density at radius 3 is 1.79 bits per heavy atom. The van der Waals surface area contributed by atoms with Gasteiger partial charge in [-0.2, -0.15) is 0 Å². The average molecular weight is 274 g/mol. The molecule has 0 saturated carbocycles. The van der Waals surface area contributed by atoms with E-state index in [0.717, 1.165) is 78.0 Å². The molecule has 19 heavy (non-hydrogen) atoms. The number of hydrazine groups is 1. The van der Waals surface area contributed by atoms with Crippen molar-refractivity contribution in [3.8, 4) is 0 Å². The number of rotatable bonds is 14. The van der Waals surface area contributed by atoms with Crippen LogP contribution in [0.3, 0.4) is 0 Å². The molecule has 0 radical (unpaired) electrons. The summed E-state index contributed by atoms with van der Waals surface area (Å²) in [6, 6.07) is 0. The molecule has 0 fully saturated rings. The third kappa shape index (κ3) is 11.3. The summed E-state index contributed by atoms with van der Waals surface area (Å²) in [5.74, 6) is 0. The van der Waals surface area contributed by atoms with E-state index >= 15 is 0 Å². The lowest BCUT2D eigenvalue weighted by Gasteiger charge is -2.32. The number of nitrogens with zero attached hydrogens (tertiary/aromatic N) is 2. The van der Waals surface area contributed by atoms with E-state index in [2.05, 4.69) is 22.4 Å². The molecule has 0 aromatic heterocycles. The smallest absolute Gasteiger partial charge is 0.0145 e. The molecule has 0 spiro atoms. The average Bonchev–Trinajstić information content (AvgIpc) is 2.42. The highest BCUT2D eigenvalue weighted by Gasteiger charge is 2.09. The molecule has 0 bridgehead atoms. The summed E-state index contributed by atoms with van der Waals surface area (Å²) in [5, 5.41) is 8.06. The zero-order valence-electron chi connectivity index (χ0n) is 12.6. The lowest BCUT2D eigenvalue weighted by atomic mass is 10.3. The molecule has 6 heteroatoms. The van der Waals surface area contributed by atoms with Crippen LogP contribution in [0, 0.1) is 0 Å². The van der Waals surface area contributed by atoms with Crippen molar-refractivity contribution in [3.05, 3.63) is 0 Å². The fraction of sp³-hybridized carbons (Fsp3) is 1.00. The van der Waals surface area contributed by atoms with Crippen molar-refractivity contribution in [3.63, 3.8) is 0 Å². The van der Waals surface area contributed by atoms with E-state index in [1.54, 1.807) is 0 Å². The Kier molecular flexibility index (Phi) is 14.0. The van der Waals surface area contributed by atoms with Gasteiger partial charge in [-0.1, -0.05) is 0 Å². The third-order valence-electron chi connectivity index (χ3n) is 3.12. The minimum atomic E-state index is 0.744. The maximum Gasteiger partial charge on any atom is 0.0145 e. The second-order valence-electron chi connectivity index (χ2n) is 4.87. The molecule has 0 atom stereocenters. The zero-order chi connectivity index (χ0) is 14.3. The summed E-state index contributed by atoms with van der Waals surface area (Å²) in [6.45, 7) is 7.42. The van der Waals surface area contributed by atoms with Gasteiger partial charge in [-0.05, 0) is 58.4 Å². The van der Waals surface area contributed by atoms with Crippen LogP contribution < -0.4 is 22.5 Å². The zero-order valence-corrected chi connectivity index (χ0v) is 12.6. The Hall–Kier alpha value is -0.240. The standard InChI is InChI=1S/C13H34N6/c1-18(11-5-10-17-9-2-6-14)19(12-3-7-15)13-4-8-16/h17H,2-16H2,1H3. The number of hydrogen-bond acceptors (Lipinski definition) is 6. The van der Waals surface area contributed by atoms with Crippen LogP contribution in [0.2, 0.25) is 0 Å². The first-order valence-corrected chi connectivity index (χ1v) is 7.53. The van der Waals surface area contributed by atoms with Gasteiger partial charge in [0.2, 0.25) is 0 Å². The van der Waals surface area contributed by atoms with E-state index in [1.165, 1.54) is 0 Å². The maximum absolute atomic E-state index is 5.58. The van der Waals surface area contributed by atoms with Gasteiger partial charge in [-0.3, -0.25) is 0 Å². The van der Waals surface area contributed by atoms with E-state index in [1.807, 2.05) is 0 Å². The molecule has 0 amide bonds. The van der Waals surface area contributed by atoms with Crippen LogP contribution in [-0.2, 0) is 0 Å². The highest BCUT2D eigenvalue weighted by Crippen LogP contribution is 1.99. The van der Waals surface area contributed by atoms with Gasteiger partial charge < -0.3 is 22.5 Å². The summed E-state index contributed by atoms with van der Waals surface area (Å²) >= 11 is 0. The molecule has 0 aromatic carbocycles. The molecule has 0 rings (SSSR count). The molecule has 0 aliphatic heterocycles. The number of hydrogen-bond donors (Lipinski definition) is 4. The maximum atomic E-state index is 5.58. The Bertz CT molecular complexity index is 171. The first kappa shape index (κ1) is 18.8. The highest BCUT2D eigenvalue weighted by atomic mass is 15.6. The number of nitrogens with one attached hydrogen (secondary N) is 1. The monoisotopic (exact) mass is 274 g/mol. The fourth-order valence-electron chi connectivity index (χ4n) is 1.93. The third-order valence-corrected chi connectivity index (χ3v) is 3.12. The summed E-state index contributed by atoms with van der Waals surface area (Å²) in [7, 11) is 2.15. The molecular formula is C13H34N6. The van der Waals surface area contributed by atoms with Gasteiger partial charge in [0.25, 0.3) is 0 Å². The van der Waals surface area contributed by atoms with Gasteiger partial charge in [-0.15, -0.1) is 0 Å². The van der Waals surface area contributed by atoms with Crippen LogP contribution in [0.4, 0.5) is 0 Å². The van der Waals surface area contributed by atoms with E-state index in [0.29, 0.717) is 0 Å². The Labute approximate surface area is 118 Å². The minimum absolute atomic E-state index is 0.744. The van der Waals surface area contributed by atoms with Crippen molar-refractivity contribution < 1.29 is 0 Å². The predicted octanol–water partition coefficient (Wildman–Crippen LogP) is -0.839. The van der Waals surface area contributed by atoms with Crippen molar-refractivity contribution in [1.29, 1.82) is 0 Å². The van der Waals surface area contributed by atoms with Crippen molar-refractivity contribution in [1.82, 2.24) is 15.3 Å². The Morgan fingerprint density at radius 2 is 1.26 bits per heavy atom. The van der Waals surface area contributed by atoms with Crippen LogP contribution in [0.15, 0.2) is 0 Å². The fourth-order valence-corrected chi connectivity index (χ4v) is 1.93. The predicted molar refractivity (Wildman–Crippen MR) is 82.7 cm³/mol. The van der Waals surface area contributed by atoms with Gasteiger partial charge in [0.05, 0.1) is 0 Å². The molecule has 0 aliphatic rings. The summed E-state index contributed by atoms with van der Waals surface area (Å²) in [6.07, 6.45) is 4.26. The van der Waals surface area contributed by atoms with Crippen molar-refractivity contribution in [2.45, 2.75) is 25.7 Å². The Morgan fingerprint density at radius 1 is 0.737 bits per heavy atom. The van der Waals surface area contributed by atoms with E-state index in [9.17, 15) is 0 Å². The second-order valence-corrected chi connectivity index (χ2v) is 4.87. The van der Waals surface area contributed by atoms with Crippen LogP contribution in [-0.4, -0.2) is 69.4 Å². The number of nitrogens with two attached hydrogens (primary N) is 3. The first-order valence-electron chi connectivity index (χ1n) is 7.53. The normalized spacial score (nSPS) is 11.7. The lowest BCUT2D eigenvalue weighted by Crippen LogP contribution is -2.43. The molecule has 0 heterocycles. The van der Waals surface area contributed by atoms with E-state index < -0.39 is 0 Å². The van der Waals surface area contributed by atoms with Gasteiger partial charge in [-0.25, -0.2) is 10.0 Å². The van der Waals surface area contributed by atoms with E-state index in [-0.39, 0.29) is 0 Å². The van der Waals surface area contributed by atoms with Crippen LogP contribution in [0.1, 0.15) is 25.7 Å². The summed E-state index contributed by atoms with van der Waals surface area (Å²) < 4.78 is 0. The summed E-state index contributed by atoms with van der Waals surface area (Å²) in [4.78, 5) is 0. The molecule has 7 N–H and O–H groups in total. The van der Waals surface area contributed by atoms with E-state index in [4.69, 9.17) is 17.2 Å². The Balaban J connectivity index is 3.72. The summed E-state index contributed by atoms with van der Waals surface area (Å²) in [5.41, 5.74) is 16.6. The molecular weight excluding hydrogens is 240 g/mol. The lowest BCUT2D eigenvalue weighted by molar-refractivity contribution is -0.00218. The first-order chi connectivity index (χ1) is 9.26. The molecule has 0 aromatic rings. The van der Waals surface area contributed by atoms with Crippen LogP contribution in [0.5, 0.6) is 0 Å². The molecule has 0 aliphatic carbocycles. The van der Waals surface area contributed by atoms with Crippen molar-refractivity contribution >= 4 is 0 Å². The largest absolute Gasteiger partial charge is 0.330 e. The van der Waals surface area contributed by atoms with Crippen LogP contribution >= 0.6 is 0 Å². The molecule has 0 saturated heterocycles. The molecule has 0 unspecified atom stereocenters. The van der Waals surface area contributed by atoms with Gasteiger partial charge in [0.1, 0.15) is 0 Å². The quantitative estimate of drug-likeness (QED) is 0.244. The van der Waals surface area contributed by atoms with Gasteiger partial charge in [0, 0.05) is 26.7 Å². The second kappa shape index (κ2) is 14.2. The SMILES string of the molecule is CN(CCCNCCCN)N(CCCN)CCCN. The van der Waals surface area contributed by atoms with Crippen molar-refractivity contribution in [2.75, 3.05) is 59.4 Å². The minimum Gasteiger partial charge on any atom is -0.330 e. The van der Waals surface area contributed by atoms with Gasteiger partial charge in [0.15, 0.2) is 0 Å². The van der Waals surface area contributed by atoms with Gasteiger partial charge >= 0.3 is 0 Å². The van der Waals surface area contributed by atoms with Crippen LogP contribution in [0.25, 0.3) is 0 Å². The molecule has 116 valence electrons. The topological polar surface area (TPSA) is 96.6 Å². The highest BCUT2D eigenvalue weighted by molar-refractivity contribution is 4.58. The van der Waals surface area contributed by atoms with Crippen molar-refractivity contribution in [2.24, 2.45) is 17.2 Å².